The second kappa shape index (κ2) is 5.55. The Labute approximate surface area is 80.5 Å². The van der Waals surface area contributed by atoms with Crippen LogP contribution in [0.15, 0.2) is 43.0 Å². The van der Waals surface area contributed by atoms with Crippen LogP contribution in [-0.4, -0.2) is 6.54 Å². The van der Waals surface area contributed by atoms with E-state index in [9.17, 15) is 0 Å². The molecule has 0 radical (unpaired) electrons. The summed E-state index contributed by atoms with van der Waals surface area (Å²) in [7, 11) is 0. The lowest BCUT2D eigenvalue weighted by atomic mass is 10.1. The molecule has 1 N–H and O–H groups in total. The van der Waals surface area contributed by atoms with Crippen LogP contribution < -0.4 is 5.32 Å². The van der Waals surface area contributed by atoms with E-state index in [1.165, 1.54) is 5.56 Å². The summed E-state index contributed by atoms with van der Waals surface area (Å²) in [5.74, 6) is 0. The molecule has 1 aromatic carbocycles. The van der Waals surface area contributed by atoms with Crippen molar-refractivity contribution in [1.29, 1.82) is 0 Å². The average Bonchev–Trinajstić information content (AvgIpc) is 2.19. The van der Waals surface area contributed by atoms with Crippen molar-refractivity contribution in [1.82, 2.24) is 5.32 Å². The van der Waals surface area contributed by atoms with Crippen LogP contribution in [0, 0.1) is 0 Å². The molecule has 70 valence electrons. The van der Waals surface area contributed by atoms with Gasteiger partial charge in [-0.05, 0) is 25.5 Å². The van der Waals surface area contributed by atoms with Gasteiger partial charge < -0.3 is 5.32 Å². The second-order valence-electron chi connectivity index (χ2n) is 3.16. The summed E-state index contributed by atoms with van der Waals surface area (Å²) in [6.07, 6.45) is 2.96. The molecule has 0 saturated carbocycles. The van der Waals surface area contributed by atoms with Crippen LogP contribution in [0.5, 0.6) is 0 Å². The Kier molecular flexibility index (Phi) is 4.27. The summed E-state index contributed by atoms with van der Waals surface area (Å²) in [6, 6.07) is 10.9. The first-order valence-corrected chi connectivity index (χ1v) is 4.74. The van der Waals surface area contributed by atoms with Crippen molar-refractivity contribution in [2.24, 2.45) is 0 Å². The molecule has 13 heavy (non-hydrogen) atoms. The van der Waals surface area contributed by atoms with E-state index in [0.717, 1.165) is 13.0 Å². The molecule has 0 aliphatic heterocycles. The quantitative estimate of drug-likeness (QED) is 0.536. The molecule has 0 unspecified atom stereocenters. The van der Waals surface area contributed by atoms with Gasteiger partial charge in [-0.1, -0.05) is 36.4 Å². The topological polar surface area (TPSA) is 12.0 Å². The zero-order valence-corrected chi connectivity index (χ0v) is 8.16. The zero-order valence-electron chi connectivity index (χ0n) is 8.16. The molecule has 0 heterocycles. The number of hydrogen-bond donors (Lipinski definition) is 1. The lowest BCUT2D eigenvalue weighted by molar-refractivity contribution is 0.581. The fraction of sp³-hybridized carbons (Fsp3) is 0.333. The zero-order chi connectivity index (χ0) is 9.52. The van der Waals surface area contributed by atoms with Gasteiger partial charge in [0.25, 0.3) is 0 Å². The Balaban J connectivity index is 2.39. The molecule has 1 aromatic rings. The molecule has 0 spiro atoms. The van der Waals surface area contributed by atoms with Gasteiger partial charge >= 0.3 is 0 Å². The summed E-state index contributed by atoms with van der Waals surface area (Å²) in [5, 5.41) is 3.43. The van der Waals surface area contributed by atoms with E-state index in [4.69, 9.17) is 0 Å². The Morgan fingerprint density at radius 2 is 2.08 bits per heavy atom. The van der Waals surface area contributed by atoms with Crippen molar-refractivity contribution in [3.8, 4) is 0 Å². The lowest BCUT2D eigenvalue weighted by Gasteiger charge is -2.12. The van der Waals surface area contributed by atoms with Crippen molar-refractivity contribution >= 4 is 0 Å². The van der Waals surface area contributed by atoms with Gasteiger partial charge in [-0.25, -0.2) is 0 Å². The fourth-order valence-corrected chi connectivity index (χ4v) is 1.26. The largest absolute Gasteiger partial charge is 0.310 e. The van der Waals surface area contributed by atoms with Crippen LogP contribution in [0.1, 0.15) is 24.9 Å². The molecule has 1 atom stereocenters. The van der Waals surface area contributed by atoms with Crippen molar-refractivity contribution in [3.63, 3.8) is 0 Å². The fourth-order valence-electron chi connectivity index (χ4n) is 1.26. The number of nitrogens with one attached hydrogen (secondary N) is 1. The number of hydrogen-bond acceptors (Lipinski definition) is 1. The van der Waals surface area contributed by atoms with Gasteiger partial charge in [-0.3, -0.25) is 0 Å². The molecule has 0 aliphatic rings. The Morgan fingerprint density at radius 1 is 1.38 bits per heavy atom. The van der Waals surface area contributed by atoms with Gasteiger partial charge in [0.15, 0.2) is 0 Å². The number of benzene rings is 1. The van der Waals surface area contributed by atoms with Crippen molar-refractivity contribution in [2.75, 3.05) is 6.54 Å². The van der Waals surface area contributed by atoms with Gasteiger partial charge in [0.1, 0.15) is 0 Å². The molecule has 0 aromatic heterocycles. The molecule has 1 heteroatoms. The third kappa shape index (κ3) is 3.43. The van der Waals surface area contributed by atoms with E-state index in [0.29, 0.717) is 6.04 Å². The maximum absolute atomic E-state index is 3.69. The predicted octanol–water partition coefficient (Wildman–Crippen LogP) is 2.91. The lowest BCUT2D eigenvalue weighted by Crippen LogP contribution is -2.19. The highest BCUT2D eigenvalue weighted by atomic mass is 14.9. The minimum Gasteiger partial charge on any atom is -0.310 e. The molecular weight excluding hydrogens is 158 g/mol. The third-order valence-electron chi connectivity index (χ3n) is 2.10. The van der Waals surface area contributed by atoms with E-state index in [2.05, 4.69) is 43.1 Å². The maximum Gasteiger partial charge on any atom is 0.0291 e. The van der Waals surface area contributed by atoms with E-state index in [1.54, 1.807) is 0 Å². The van der Waals surface area contributed by atoms with E-state index >= 15 is 0 Å². The minimum atomic E-state index is 0.432. The molecule has 1 nitrogen and oxygen atoms in total. The highest BCUT2D eigenvalue weighted by Gasteiger charge is 2.01. The monoisotopic (exact) mass is 175 g/mol. The van der Waals surface area contributed by atoms with Crippen molar-refractivity contribution in [3.05, 3.63) is 48.6 Å². The normalized spacial score (nSPS) is 12.4. The standard InChI is InChI=1S/C12H17N/c1-3-4-10-13-11(2)12-8-6-5-7-9-12/h3,5-9,11,13H,1,4,10H2,2H3/t11-/m1/s1. The number of rotatable bonds is 5. The van der Waals surface area contributed by atoms with E-state index in [-0.39, 0.29) is 0 Å². The van der Waals surface area contributed by atoms with Crippen LogP contribution in [0.3, 0.4) is 0 Å². The van der Waals surface area contributed by atoms with Gasteiger partial charge in [-0.2, -0.15) is 0 Å². The third-order valence-corrected chi connectivity index (χ3v) is 2.10. The van der Waals surface area contributed by atoms with E-state index in [1.807, 2.05) is 12.1 Å². The van der Waals surface area contributed by atoms with Gasteiger partial charge in [-0.15, -0.1) is 6.58 Å². The molecular formula is C12H17N. The Bertz CT molecular complexity index is 241. The summed E-state index contributed by atoms with van der Waals surface area (Å²) in [6.45, 7) is 6.87. The molecule has 0 fully saturated rings. The van der Waals surface area contributed by atoms with Crippen LogP contribution in [-0.2, 0) is 0 Å². The highest BCUT2D eigenvalue weighted by Crippen LogP contribution is 2.10. The predicted molar refractivity (Wildman–Crippen MR) is 57.7 cm³/mol. The average molecular weight is 175 g/mol. The second-order valence-corrected chi connectivity index (χ2v) is 3.16. The smallest absolute Gasteiger partial charge is 0.0291 e. The van der Waals surface area contributed by atoms with Crippen LogP contribution in [0.2, 0.25) is 0 Å². The summed E-state index contributed by atoms with van der Waals surface area (Å²) in [5.41, 5.74) is 1.34. The minimum absolute atomic E-state index is 0.432. The van der Waals surface area contributed by atoms with Crippen LogP contribution >= 0.6 is 0 Å². The highest BCUT2D eigenvalue weighted by molar-refractivity contribution is 5.17. The SMILES string of the molecule is C=CCCN[C@H](C)c1ccccc1. The first kappa shape index (κ1) is 10.0. The summed E-state index contributed by atoms with van der Waals surface area (Å²) in [4.78, 5) is 0. The van der Waals surface area contributed by atoms with Crippen LogP contribution in [0.4, 0.5) is 0 Å². The molecule has 0 saturated heterocycles. The molecule has 0 bridgehead atoms. The summed E-state index contributed by atoms with van der Waals surface area (Å²) < 4.78 is 0. The Morgan fingerprint density at radius 3 is 2.69 bits per heavy atom. The molecule has 0 aliphatic carbocycles. The van der Waals surface area contributed by atoms with Gasteiger partial charge in [0, 0.05) is 6.04 Å². The maximum atomic E-state index is 3.69. The Hall–Kier alpha value is -1.08. The van der Waals surface area contributed by atoms with E-state index < -0.39 is 0 Å². The van der Waals surface area contributed by atoms with Crippen molar-refractivity contribution in [2.45, 2.75) is 19.4 Å². The first-order valence-electron chi connectivity index (χ1n) is 4.74. The molecule has 1 rings (SSSR count). The van der Waals surface area contributed by atoms with Gasteiger partial charge in [0.2, 0.25) is 0 Å². The molecule has 0 amide bonds. The van der Waals surface area contributed by atoms with Crippen LogP contribution in [0.25, 0.3) is 0 Å². The first-order chi connectivity index (χ1) is 6.34. The van der Waals surface area contributed by atoms with Crippen molar-refractivity contribution < 1.29 is 0 Å². The summed E-state index contributed by atoms with van der Waals surface area (Å²) >= 11 is 0. The van der Waals surface area contributed by atoms with Gasteiger partial charge in [0.05, 0.1) is 0 Å².